The number of likely N-dealkylation sites (tertiary alicyclic amines) is 1. The summed E-state index contributed by atoms with van der Waals surface area (Å²) in [5, 5.41) is 3.83. The van der Waals surface area contributed by atoms with Gasteiger partial charge in [0.2, 0.25) is 5.91 Å². The molecule has 1 amide bonds. The van der Waals surface area contributed by atoms with E-state index in [0.717, 1.165) is 50.0 Å². The van der Waals surface area contributed by atoms with E-state index >= 15 is 0 Å². The van der Waals surface area contributed by atoms with Gasteiger partial charge in [-0.05, 0) is 56.2 Å². The number of aryl methyl sites for hydroxylation is 2. The van der Waals surface area contributed by atoms with E-state index in [-0.39, 0.29) is 18.1 Å². The first-order chi connectivity index (χ1) is 11.6. The fourth-order valence-electron chi connectivity index (χ4n) is 3.31. The van der Waals surface area contributed by atoms with Crippen molar-refractivity contribution in [3.63, 3.8) is 0 Å². The van der Waals surface area contributed by atoms with Gasteiger partial charge in [-0.2, -0.15) is 0 Å². The van der Waals surface area contributed by atoms with E-state index in [9.17, 15) is 9.18 Å². The molecule has 2 heterocycles. The van der Waals surface area contributed by atoms with Crippen molar-refractivity contribution in [2.24, 2.45) is 5.92 Å². The molecule has 0 unspecified atom stereocenters. The molecule has 0 radical (unpaired) electrons. The molecule has 2 aromatic rings. The zero-order chi connectivity index (χ0) is 16.9. The van der Waals surface area contributed by atoms with Gasteiger partial charge in [0.1, 0.15) is 11.6 Å². The van der Waals surface area contributed by atoms with Gasteiger partial charge in [-0.1, -0.05) is 17.3 Å². The summed E-state index contributed by atoms with van der Waals surface area (Å²) in [4.78, 5) is 14.4. The molecule has 1 aliphatic heterocycles. The van der Waals surface area contributed by atoms with E-state index in [0.29, 0.717) is 11.7 Å². The van der Waals surface area contributed by atoms with Gasteiger partial charge in [0.15, 0.2) is 0 Å². The normalized spacial score (nSPS) is 17.9. The van der Waals surface area contributed by atoms with Crippen LogP contribution in [0.5, 0.6) is 0 Å². The lowest BCUT2D eigenvalue weighted by atomic mass is 9.91. The summed E-state index contributed by atoms with van der Waals surface area (Å²) in [7, 11) is 0. The molecule has 4 nitrogen and oxygen atoms in total. The second kappa shape index (κ2) is 7.60. The molecule has 0 spiro atoms. The number of rotatable bonds is 5. The SMILES string of the molecule is Cc1cc(CC(=O)N2CCC[C@@H](CCc3ccc(F)cc3)C2)on1. The van der Waals surface area contributed by atoms with Crippen LogP contribution in [-0.4, -0.2) is 29.1 Å². The zero-order valence-corrected chi connectivity index (χ0v) is 14.0. The number of piperidine rings is 1. The fraction of sp³-hybridized carbons (Fsp3) is 0.474. The summed E-state index contributed by atoms with van der Waals surface area (Å²) in [6.07, 6.45) is 4.41. The molecule has 1 saturated heterocycles. The lowest BCUT2D eigenvalue weighted by molar-refractivity contribution is -0.132. The first kappa shape index (κ1) is 16.7. The smallest absolute Gasteiger partial charge is 0.230 e. The highest BCUT2D eigenvalue weighted by Crippen LogP contribution is 2.22. The molecule has 24 heavy (non-hydrogen) atoms. The van der Waals surface area contributed by atoms with Crippen molar-refractivity contribution in [1.29, 1.82) is 0 Å². The topological polar surface area (TPSA) is 46.3 Å². The van der Waals surface area contributed by atoms with Crippen molar-refractivity contribution in [2.75, 3.05) is 13.1 Å². The molecule has 0 aliphatic carbocycles. The average molecular weight is 330 g/mol. The number of hydrogen-bond donors (Lipinski definition) is 0. The van der Waals surface area contributed by atoms with Gasteiger partial charge in [0.05, 0.1) is 12.1 Å². The maximum Gasteiger partial charge on any atom is 0.230 e. The molecular weight excluding hydrogens is 307 g/mol. The number of nitrogens with zero attached hydrogens (tertiary/aromatic N) is 2. The summed E-state index contributed by atoms with van der Waals surface area (Å²) in [6.45, 7) is 3.47. The molecule has 0 saturated carbocycles. The minimum atomic E-state index is -0.198. The summed E-state index contributed by atoms with van der Waals surface area (Å²) >= 11 is 0. The van der Waals surface area contributed by atoms with Crippen LogP contribution in [0, 0.1) is 18.7 Å². The summed E-state index contributed by atoms with van der Waals surface area (Å²) < 4.78 is 18.1. The number of benzene rings is 1. The lowest BCUT2D eigenvalue weighted by Crippen LogP contribution is -2.40. The third-order valence-corrected chi connectivity index (χ3v) is 4.63. The van der Waals surface area contributed by atoms with Gasteiger partial charge in [-0.15, -0.1) is 0 Å². The molecule has 0 bridgehead atoms. The van der Waals surface area contributed by atoms with Gasteiger partial charge in [0.25, 0.3) is 0 Å². The highest BCUT2D eigenvalue weighted by Gasteiger charge is 2.24. The molecule has 0 N–H and O–H groups in total. The van der Waals surface area contributed by atoms with Crippen molar-refractivity contribution >= 4 is 5.91 Å². The van der Waals surface area contributed by atoms with E-state index in [2.05, 4.69) is 5.16 Å². The fourth-order valence-corrected chi connectivity index (χ4v) is 3.31. The van der Waals surface area contributed by atoms with E-state index < -0.39 is 0 Å². The van der Waals surface area contributed by atoms with E-state index in [1.807, 2.05) is 30.0 Å². The van der Waals surface area contributed by atoms with Crippen molar-refractivity contribution in [3.8, 4) is 0 Å². The van der Waals surface area contributed by atoms with Crippen molar-refractivity contribution < 1.29 is 13.7 Å². The van der Waals surface area contributed by atoms with E-state index in [4.69, 9.17) is 4.52 Å². The quantitative estimate of drug-likeness (QED) is 0.842. The third-order valence-electron chi connectivity index (χ3n) is 4.63. The van der Waals surface area contributed by atoms with Gasteiger partial charge < -0.3 is 9.42 Å². The standard InChI is InChI=1S/C19H23FN2O2/c1-14-11-18(24-21-14)12-19(23)22-10-2-3-16(13-22)5-4-15-6-8-17(20)9-7-15/h6-9,11,16H,2-5,10,12-13H2,1H3/t16-/m0/s1. The first-order valence-electron chi connectivity index (χ1n) is 8.54. The Kier molecular flexibility index (Phi) is 5.28. The molecule has 3 rings (SSSR count). The molecule has 128 valence electrons. The number of amides is 1. The lowest BCUT2D eigenvalue weighted by Gasteiger charge is -2.32. The second-order valence-corrected chi connectivity index (χ2v) is 6.62. The van der Waals surface area contributed by atoms with Crippen LogP contribution in [0.2, 0.25) is 0 Å². The molecule has 5 heteroatoms. The summed E-state index contributed by atoms with van der Waals surface area (Å²) in [5.41, 5.74) is 1.95. The molecule has 1 aliphatic rings. The predicted molar refractivity (Wildman–Crippen MR) is 89.0 cm³/mol. The highest BCUT2D eigenvalue weighted by atomic mass is 19.1. The predicted octanol–water partition coefficient (Wildman–Crippen LogP) is 3.54. The minimum Gasteiger partial charge on any atom is -0.361 e. The Hall–Kier alpha value is -2.17. The van der Waals surface area contributed by atoms with Crippen LogP contribution in [0.1, 0.15) is 36.3 Å². The number of hydrogen-bond acceptors (Lipinski definition) is 3. The Labute approximate surface area is 141 Å². The Balaban J connectivity index is 1.50. The number of aromatic nitrogens is 1. The van der Waals surface area contributed by atoms with Crippen molar-refractivity contribution in [2.45, 2.75) is 39.0 Å². The molecule has 1 aromatic carbocycles. The molecule has 1 aromatic heterocycles. The van der Waals surface area contributed by atoms with Gasteiger partial charge in [0, 0.05) is 19.2 Å². The Morgan fingerprint density at radius 3 is 2.88 bits per heavy atom. The summed E-state index contributed by atoms with van der Waals surface area (Å²) in [5.74, 6) is 1.05. The van der Waals surface area contributed by atoms with Crippen LogP contribution in [0.4, 0.5) is 4.39 Å². The molecular formula is C19H23FN2O2. The van der Waals surface area contributed by atoms with Crippen LogP contribution < -0.4 is 0 Å². The Morgan fingerprint density at radius 2 is 2.17 bits per heavy atom. The zero-order valence-electron chi connectivity index (χ0n) is 14.0. The second-order valence-electron chi connectivity index (χ2n) is 6.62. The van der Waals surface area contributed by atoms with Crippen LogP contribution in [0.25, 0.3) is 0 Å². The third kappa shape index (κ3) is 4.43. The van der Waals surface area contributed by atoms with Gasteiger partial charge in [-0.25, -0.2) is 4.39 Å². The highest BCUT2D eigenvalue weighted by molar-refractivity contribution is 5.78. The Bertz CT molecular complexity index is 681. The first-order valence-corrected chi connectivity index (χ1v) is 8.54. The monoisotopic (exact) mass is 330 g/mol. The van der Waals surface area contributed by atoms with Crippen LogP contribution in [-0.2, 0) is 17.6 Å². The van der Waals surface area contributed by atoms with Crippen molar-refractivity contribution in [3.05, 3.63) is 53.2 Å². The number of carbonyl (C=O) groups excluding carboxylic acids is 1. The number of halogens is 1. The van der Waals surface area contributed by atoms with E-state index in [1.165, 1.54) is 12.1 Å². The van der Waals surface area contributed by atoms with Crippen LogP contribution in [0.3, 0.4) is 0 Å². The minimum absolute atomic E-state index is 0.109. The summed E-state index contributed by atoms with van der Waals surface area (Å²) in [6, 6.07) is 8.51. The van der Waals surface area contributed by atoms with Crippen molar-refractivity contribution in [1.82, 2.24) is 10.1 Å². The molecule has 1 fully saturated rings. The average Bonchev–Trinajstić information content (AvgIpc) is 2.99. The van der Waals surface area contributed by atoms with Gasteiger partial charge in [-0.3, -0.25) is 4.79 Å². The molecule has 1 atom stereocenters. The number of carbonyl (C=O) groups is 1. The van der Waals surface area contributed by atoms with E-state index in [1.54, 1.807) is 0 Å². The Morgan fingerprint density at radius 1 is 1.38 bits per heavy atom. The largest absolute Gasteiger partial charge is 0.361 e. The van der Waals surface area contributed by atoms with Crippen LogP contribution >= 0.6 is 0 Å². The maximum atomic E-state index is 12.9. The maximum absolute atomic E-state index is 12.9. The van der Waals surface area contributed by atoms with Crippen LogP contribution in [0.15, 0.2) is 34.9 Å². The van der Waals surface area contributed by atoms with Gasteiger partial charge >= 0.3 is 0 Å².